The van der Waals surface area contributed by atoms with Gasteiger partial charge >= 0.3 is 5.43 Å². The largest absolute Gasteiger partial charge is 0.446 e. The maximum Gasteiger partial charge on any atom is 0.404 e. The van der Waals surface area contributed by atoms with Crippen LogP contribution < -0.4 is 0 Å². The summed E-state index contributed by atoms with van der Waals surface area (Å²) in [6.45, 7) is 1.60. The highest BCUT2D eigenvalue weighted by atomic mass is 35.5. The Bertz CT molecular complexity index is 355. The molecule has 0 saturated heterocycles. The van der Waals surface area contributed by atoms with Gasteiger partial charge in [0.05, 0.1) is 5.02 Å². The number of hydrogen-bond donors (Lipinski definition) is 0. The number of hydrogen-bond acceptors (Lipinski definition) is 2. The summed E-state index contributed by atoms with van der Waals surface area (Å²) in [5.41, 5.74) is -0.403. The van der Waals surface area contributed by atoms with E-state index in [-0.39, 0.29) is 5.02 Å². The Labute approximate surface area is 90.6 Å². The number of carbonyl (C=O) groups excluding carboxylic acids is 1. The second kappa shape index (κ2) is 4.62. The molecule has 14 heavy (non-hydrogen) atoms. The number of halogens is 3. The van der Waals surface area contributed by atoms with Crippen LogP contribution in [0, 0.1) is 5.82 Å². The average molecular weight is 237 g/mol. The van der Waals surface area contributed by atoms with Crippen molar-refractivity contribution in [2.45, 2.75) is 13.0 Å². The fraction of sp³-hybridized carbons (Fsp3) is 0.222. The Morgan fingerprint density at radius 3 is 2.71 bits per heavy atom. The van der Waals surface area contributed by atoms with Gasteiger partial charge in [0.1, 0.15) is 11.9 Å². The number of rotatable bonds is 2. The lowest BCUT2D eigenvalue weighted by atomic mass is 10.1. The van der Waals surface area contributed by atoms with E-state index in [4.69, 9.17) is 23.2 Å². The molecule has 0 aromatic heterocycles. The van der Waals surface area contributed by atoms with Gasteiger partial charge in [0.25, 0.3) is 0 Å². The molecule has 2 nitrogen and oxygen atoms in total. The molecule has 5 heteroatoms. The summed E-state index contributed by atoms with van der Waals surface area (Å²) in [5, 5.41) is 0.204. The molecule has 1 aromatic rings. The van der Waals surface area contributed by atoms with Gasteiger partial charge in [-0.2, -0.15) is 0 Å². The summed E-state index contributed by atoms with van der Waals surface area (Å²) < 4.78 is 17.3. The van der Waals surface area contributed by atoms with Crippen LogP contribution in [0.5, 0.6) is 0 Å². The molecule has 0 amide bonds. The fourth-order valence-electron chi connectivity index (χ4n) is 1.03. The van der Waals surface area contributed by atoms with Gasteiger partial charge in [-0.1, -0.05) is 17.7 Å². The first-order chi connectivity index (χ1) is 6.50. The van der Waals surface area contributed by atoms with Crippen molar-refractivity contribution in [2.24, 2.45) is 0 Å². The molecular formula is C9H7Cl2FO2. The molecule has 1 atom stereocenters. The molecule has 0 aliphatic carbocycles. The molecule has 0 fully saturated rings. The molecule has 1 rings (SSSR count). The third kappa shape index (κ3) is 2.86. The summed E-state index contributed by atoms with van der Waals surface area (Å²) in [7, 11) is 0. The normalized spacial score (nSPS) is 12.3. The van der Waals surface area contributed by atoms with E-state index in [0.717, 1.165) is 6.07 Å². The first kappa shape index (κ1) is 11.3. The summed E-state index contributed by atoms with van der Waals surface area (Å²) in [6.07, 6.45) is -0.590. The number of ether oxygens (including phenoxy) is 1. The Hall–Kier alpha value is -0.800. The van der Waals surface area contributed by atoms with Crippen LogP contribution in [0.3, 0.4) is 0 Å². The number of carbonyl (C=O) groups is 1. The van der Waals surface area contributed by atoms with Crippen molar-refractivity contribution >= 4 is 28.6 Å². The molecule has 0 radical (unpaired) electrons. The molecule has 0 N–H and O–H groups in total. The predicted octanol–water partition coefficient (Wildman–Crippen LogP) is 3.92. The highest BCUT2D eigenvalue weighted by Crippen LogP contribution is 2.26. The maximum atomic E-state index is 12.7. The zero-order valence-corrected chi connectivity index (χ0v) is 8.77. The lowest BCUT2D eigenvalue weighted by Crippen LogP contribution is -2.02. The Kier molecular flexibility index (Phi) is 3.72. The standard InChI is InChI=1S/C9H7Cl2FO2/c1-5(14-9(11)13)7-3-2-6(12)4-8(7)10/h2-5H,1H3/t5-/m0/s1. The molecule has 0 spiro atoms. The van der Waals surface area contributed by atoms with Crippen molar-refractivity contribution in [2.75, 3.05) is 0 Å². The monoisotopic (exact) mass is 236 g/mol. The van der Waals surface area contributed by atoms with Crippen LogP contribution in [0.1, 0.15) is 18.6 Å². The van der Waals surface area contributed by atoms with Crippen LogP contribution in [0.25, 0.3) is 0 Å². The van der Waals surface area contributed by atoms with Crippen molar-refractivity contribution in [1.82, 2.24) is 0 Å². The Balaban J connectivity index is 2.90. The molecule has 76 valence electrons. The fourth-order valence-corrected chi connectivity index (χ4v) is 1.49. The van der Waals surface area contributed by atoms with E-state index in [0.29, 0.717) is 5.56 Å². The highest BCUT2D eigenvalue weighted by Gasteiger charge is 2.13. The van der Waals surface area contributed by atoms with Crippen molar-refractivity contribution in [3.05, 3.63) is 34.6 Å². The topological polar surface area (TPSA) is 26.3 Å². The summed E-state index contributed by atoms with van der Waals surface area (Å²) in [5.74, 6) is -0.442. The van der Waals surface area contributed by atoms with Crippen LogP contribution in [-0.2, 0) is 4.74 Å². The van der Waals surface area contributed by atoms with E-state index < -0.39 is 17.3 Å². The Morgan fingerprint density at radius 2 is 2.21 bits per heavy atom. The minimum absolute atomic E-state index is 0.204. The average Bonchev–Trinajstić information content (AvgIpc) is 2.01. The third-order valence-electron chi connectivity index (χ3n) is 1.67. The molecular weight excluding hydrogens is 230 g/mol. The predicted molar refractivity (Wildman–Crippen MR) is 52.2 cm³/mol. The smallest absolute Gasteiger partial charge is 0.404 e. The van der Waals surface area contributed by atoms with Gasteiger partial charge in [0.15, 0.2) is 0 Å². The van der Waals surface area contributed by atoms with Crippen molar-refractivity contribution in [3.8, 4) is 0 Å². The quantitative estimate of drug-likeness (QED) is 0.728. The van der Waals surface area contributed by atoms with Gasteiger partial charge in [-0.05, 0) is 19.1 Å². The van der Waals surface area contributed by atoms with E-state index in [2.05, 4.69) is 4.74 Å². The van der Waals surface area contributed by atoms with Gasteiger partial charge < -0.3 is 4.74 Å². The van der Waals surface area contributed by atoms with Gasteiger partial charge in [-0.25, -0.2) is 9.18 Å². The summed E-state index contributed by atoms with van der Waals surface area (Å²) in [4.78, 5) is 10.4. The third-order valence-corrected chi connectivity index (χ3v) is 2.09. The second-order valence-corrected chi connectivity index (χ2v) is 3.38. The van der Waals surface area contributed by atoms with Gasteiger partial charge in [-0.3, -0.25) is 0 Å². The number of benzene rings is 1. The van der Waals surface area contributed by atoms with Gasteiger partial charge in [0, 0.05) is 17.2 Å². The van der Waals surface area contributed by atoms with E-state index in [9.17, 15) is 9.18 Å². The van der Waals surface area contributed by atoms with Crippen molar-refractivity contribution in [3.63, 3.8) is 0 Å². The van der Waals surface area contributed by atoms with Crippen LogP contribution in [0.2, 0.25) is 5.02 Å². The van der Waals surface area contributed by atoms with E-state index in [1.54, 1.807) is 6.92 Å². The van der Waals surface area contributed by atoms with Crippen LogP contribution in [0.15, 0.2) is 18.2 Å². The first-order valence-corrected chi connectivity index (χ1v) is 4.57. The molecule has 1 aromatic carbocycles. The van der Waals surface area contributed by atoms with Crippen molar-refractivity contribution < 1.29 is 13.9 Å². The van der Waals surface area contributed by atoms with Gasteiger partial charge in [-0.15, -0.1) is 0 Å². The minimum atomic E-state index is -0.919. The zero-order valence-electron chi connectivity index (χ0n) is 7.26. The summed E-state index contributed by atoms with van der Waals surface area (Å²) in [6, 6.07) is 3.83. The molecule has 0 heterocycles. The van der Waals surface area contributed by atoms with Gasteiger partial charge in [0.2, 0.25) is 0 Å². The molecule has 0 saturated carbocycles. The van der Waals surface area contributed by atoms with Crippen molar-refractivity contribution in [1.29, 1.82) is 0 Å². The maximum absolute atomic E-state index is 12.7. The molecule has 0 unspecified atom stereocenters. The molecule has 0 aliphatic rings. The lowest BCUT2D eigenvalue weighted by Gasteiger charge is -2.12. The van der Waals surface area contributed by atoms with E-state index >= 15 is 0 Å². The van der Waals surface area contributed by atoms with Crippen LogP contribution in [0.4, 0.5) is 9.18 Å². The lowest BCUT2D eigenvalue weighted by molar-refractivity contribution is 0.132. The minimum Gasteiger partial charge on any atom is -0.446 e. The highest BCUT2D eigenvalue weighted by molar-refractivity contribution is 6.61. The molecule has 0 aliphatic heterocycles. The summed E-state index contributed by atoms with van der Waals surface area (Å²) >= 11 is 10.8. The second-order valence-electron chi connectivity index (χ2n) is 2.66. The first-order valence-electron chi connectivity index (χ1n) is 3.81. The van der Waals surface area contributed by atoms with Crippen LogP contribution >= 0.6 is 23.2 Å². The van der Waals surface area contributed by atoms with E-state index in [1.165, 1.54) is 12.1 Å². The molecule has 0 bridgehead atoms. The van der Waals surface area contributed by atoms with E-state index in [1.807, 2.05) is 0 Å². The SMILES string of the molecule is C[C@H](OC(=O)Cl)c1ccc(F)cc1Cl. The van der Waals surface area contributed by atoms with Crippen LogP contribution in [-0.4, -0.2) is 5.43 Å². The Morgan fingerprint density at radius 1 is 1.57 bits per heavy atom. The zero-order chi connectivity index (χ0) is 10.7.